The number of aryl methyl sites for hydroxylation is 1. The van der Waals surface area contributed by atoms with E-state index >= 15 is 0 Å². The van der Waals surface area contributed by atoms with Crippen LogP contribution in [0, 0.1) is 6.92 Å². The molecule has 0 radical (unpaired) electrons. The van der Waals surface area contributed by atoms with Crippen LogP contribution in [0.2, 0.25) is 0 Å². The van der Waals surface area contributed by atoms with Crippen molar-refractivity contribution < 1.29 is 18.8 Å². The lowest BCUT2D eigenvalue weighted by Crippen LogP contribution is -2.38. The maximum Gasteiger partial charge on any atom is 0.339 e. The number of nitrogens with zero attached hydrogens (tertiary/aromatic N) is 2. The van der Waals surface area contributed by atoms with Crippen molar-refractivity contribution in [2.75, 3.05) is 6.61 Å². The van der Waals surface area contributed by atoms with Crippen molar-refractivity contribution in [3.8, 4) is 0 Å². The SMILES string of the molecule is Cc1noc(CSc2ccccc2C(=O)OCC(=O)NC2CCCCCCC2)n1. The molecule has 1 aromatic carbocycles. The fourth-order valence-corrected chi connectivity index (χ4v) is 4.26. The molecular weight excluding hydrogens is 390 g/mol. The van der Waals surface area contributed by atoms with Gasteiger partial charge in [-0.25, -0.2) is 4.79 Å². The topological polar surface area (TPSA) is 94.3 Å². The van der Waals surface area contributed by atoms with Gasteiger partial charge in [0.25, 0.3) is 5.91 Å². The van der Waals surface area contributed by atoms with Gasteiger partial charge in [0.15, 0.2) is 12.4 Å². The van der Waals surface area contributed by atoms with Crippen LogP contribution >= 0.6 is 11.8 Å². The summed E-state index contributed by atoms with van der Waals surface area (Å²) in [6, 6.07) is 7.32. The van der Waals surface area contributed by atoms with Crippen LogP contribution in [0.25, 0.3) is 0 Å². The van der Waals surface area contributed by atoms with Gasteiger partial charge < -0.3 is 14.6 Å². The quantitative estimate of drug-likeness (QED) is 0.536. The zero-order chi connectivity index (χ0) is 20.5. The van der Waals surface area contributed by atoms with Crippen molar-refractivity contribution in [2.24, 2.45) is 0 Å². The first kappa shape index (κ1) is 21.4. The molecule has 1 heterocycles. The summed E-state index contributed by atoms with van der Waals surface area (Å²) in [7, 11) is 0. The highest BCUT2D eigenvalue weighted by Crippen LogP contribution is 2.26. The molecule has 0 unspecified atom stereocenters. The van der Waals surface area contributed by atoms with Gasteiger partial charge in [0.2, 0.25) is 5.89 Å². The summed E-state index contributed by atoms with van der Waals surface area (Å²) >= 11 is 1.41. The largest absolute Gasteiger partial charge is 0.452 e. The number of hydrogen-bond donors (Lipinski definition) is 1. The monoisotopic (exact) mass is 417 g/mol. The van der Waals surface area contributed by atoms with Crippen LogP contribution in [-0.2, 0) is 15.3 Å². The zero-order valence-electron chi connectivity index (χ0n) is 16.7. The number of esters is 1. The van der Waals surface area contributed by atoms with Crippen LogP contribution in [0.1, 0.15) is 67.0 Å². The lowest BCUT2D eigenvalue weighted by molar-refractivity contribution is -0.125. The van der Waals surface area contributed by atoms with Crippen LogP contribution < -0.4 is 5.32 Å². The van der Waals surface area contributed by atoms with E-state index in [4.69, 9.17) is 9.26 Å². The highest BCUT2D eigenvalue weighted by Gasteiger charge is 2.18. The Morgan fingerprint density at radius 2 is 1.90 bits per heavy atom. The Morgan fingerprint density at radius 3 is 2.62 bits per heavy atom. The minimum absolute atomic E-state index is 0.183. The first-order valence-electron chi connectivity index (χ1n) is 10.1. The summed E-state index contributed by atoms with van der Waals surface area (Å²) in [5.74, 6) is 0.767. The molecule has 2 aromatic rings. The Labute approximate surface area is 175 Å². The summed E-state index contributed by atoms with van der Waals surface area (Å²) in [5, 5.41) is 6.77. The van der Waals surface area contributed by atoms with E-state index in [1.807, 2.05) is 12.1 Å². The zero-order valence-corrected chi connectivity index (χ0v) is 17.5. The van der Waals surface area contributed by atoms with E-state index < -0.39 is 5.97 Å². The molecule has 0 saturated heterocycles. The fraction of sp³-hybridized carbons (Fsp3) is 0.524. The Hall–Kier alpha value is -2.35. The molecule has 7 nitrogen and oxygen atoms in total. The van der Waals surface area contributed by atoms with Crippen molar-refractivity contribution in [1.29, 1.82) is 0 Å². The number of thioether (sulfide) groups is 1. The molecule has 1 aliphatic carbocycles. The third-order valence-electron chi connectivity index (χ3n) is 4.83. The molecule has 0 spiro atoms. The molecule has 1 saturated carbocycles. The van der Waals surface area contributed by atoms with E-state index in [1.54, 1.807) is 19.1 Å². The molecule has 0 aliphatic heterocycles. The summed E-state index contributed by atoms with van der Waals surface area (Å²) in [4.78, 5) is 29.6. The summed E-state index contributed by atoms with van der Waals surface area (Å²) < 4.78 is 10.4. The third-order valence-corrected chi connectivity index (χ3v) is 5.89. The van der Waals surface area contributed by atoms with Crippen molar-refractivity contribution in [2.45, 2.75) is 68.6 Å². The maximum absolute atomic E-state index is 12.5. The van der Waals surface area contributed by atoms with Gasteiger partial charge in [-0.05, 0) is 31.9 Å². The van der Waals surface area contributed by atoms with Gasteiger partial charge in [-0.3, -0.25) is 4.79 Å². The summed E-state index contributed by atoms with van der Waals surface area (Å²) in [5.41, 5.74) is 0.424. The highest BCUT2D eigenvalue weighted by molar-refractivity contribution is 7.98. The molecule has 3 rings (SSSR count). The molecule has 1 aliphatic rings. The number of rotatable bonds is 7. The molecule has 0 bridgehead atoms. The lowest BCUT2D eigenvalue weighted by Gasteiger charge is -2.21. The normalized spacial score (nSPS) is 15.3. The van der Waals surface area contributed by atoms with E-state index in [-0.39, 0.29) is 18.6 Å². The number of ether oxygens (including phenoxy) is 1. The molecule has 156 valence electrons. The van der Waals surface area contributed by atoms with Crippen LogP contribution in [0.15, 0.2) is 33.7 Å². The molecular formula is C21H27N3O4S. The molecule has 1 N–H and O–H groups in total. The van der Waals surface area contributed by atoms with E-state index in [0.29, 0.717) is 23.0 Å². The Bertz CT molecular complexity index is 816. The second-order valence-electron chi connectivity index (χ2n) is 7.21. The number of carbonyl (C=O) groups is 2. The van der Waals surface area contributed by atoms with Crippen LogP contribution in [-0.4, -0.2) is 34.7 Å². The Balaban J connectivity index is 1.50. The minimum atomic E-state index is -0.511. The number of benzene rings is 1. The van der Waals surface area contributed by atoms with Gasteiger partial charge in [0.05, 0.1) is 11.3 Å². The lowest BCUT2D eigenvalue weighted by atomic mass is 9.97. The van der Waals surface area contributed by atoms with Crippen molar-refractivity contribution in [3.63, 3.8) is 0 Å². The molecule has 1 amide bonds. The van der Waals surface area contributed by atoms with Gasteiger partial charge in [0.1, 0.15) is 0 Å². The molecule has 0 atom stereocenters. The van der Waals surface area contributed by atoms with Crippen LogP contribution in [0.5, 0.6) is 0 Å². The number of amides is 1. The Morgan fingerprint density at radius 1 is 1.17 bits per heavy atom. The molecule has 29 heavy (non-hydrogen) atoms. The van der Waals surface area contributed by atoms with Gasteiger partial charge in [-0.2, -0.15) is 4.98 Å². The number of carbonyl (C=O) groups excluding carboxylic acids is 2. The first-order valence-corrected chi connectivity index (χ1v) is 11.1. The number of hydrogen-bond acceptors (Lipinski definition) is 7. The highest BCUT2D eigenvalue weighted by atomic mass is 32.2. The van der Waals surface area contributed by atoms with E-state index in [9.17, 15) is 9.59 Å². The van der Waals surface area contributed by atoms with E-state index in [2.05, 4.69) is 15.5 Å². The maximum atomic E-state index is 12.5. The van der Waals surface area contributed by atoms with E-state index in [0.717, 1.165) is 30.6 Å². The first-order chi connectivity index (χ1) is 14.1. The predicted molar refractivity (Wildman–Crippen MR) is 110 cm³/mol. The Kier molecular flexibility index (Phi) is 8.10. The third kappa shape index (κ3) is 6.88. The summed E-state index contributed by atoms with van der Waals surface area (Å²) in [6.07, 6.45) is 7.98. The minimum Gasteiger partial charge on any atom is -0.452 e. The molecule has 8 heteroatoms. The second kappa shape index (κ2) is 11.0. The number of nitrogens with one attached hydrogen (secondary N) is 1. The van der Waals surface area contributed by atoms with Crippen molar-refractivity contribution in [1.82, 2.24) is 15.5 Å². The van der Waals surface area contributed by atoms with Crippen molar-refractivity contribution in [3.05, 3.63) is 41.5 Å². The van der Waals surface area contributed by atoms with Gasteiger partial charge in [0, 0.05) is 10.9 Å². The average molecular weight is 418 g/mol. The predicted octanol–water partition coefficient (Wildman–Crippen LogP) is 4.06. The fourth-order valence-electron chi connectivity index (χ4n) is 3.38. The second-order valence-corrected chi connectivity index (χ2v) is 8.22. The van der Waals surface area contributed by atoms with Crippen molar-refractivity contribution >= 4 is 23.6 Å². The number of aromatic nitrogens is 2. The van der Waals surface area contributed by atoms with Gasteiger partial charge >= 0.3 is 5.97 Å². The van der Waals surface area contributed by atoms with Crippen LogP contribution in [0.3, 0.4) is 0 Å². The molecule has 1 fully saturated rings. The smallest absolute Gasteiger partial charge is 0.339 e. The summed E-state index contributed by atoms with van der Waals surface area (Å²) in [6.45, 7) is 1.49. The van der Waals surface area contributed by atoms with Gasteiger partial charge in [-0.15, -0.1) is 11.8 Å². The van der Waals surface area contributed by atoms with E-state index in [1.165, 1.54) is 31.0 Å². The average Bonchev–Trinajstić information content (AvgIpc) is 3.12. The molecule has 1 aromatic heterocycles. The van der Waals surface area contributed by atoms with Crippen LogP contribution in [0.4, 0.5) is 0 Å². The standard InChI is InChI=1S/C21H27N3O4S/c1-15-22-20(28-24-15)14-29-18-12-8-7-11-17(18)21(26)27-13-19(25)23-16-9-5-3-2-4-6-10-16/h7-8,11-12,16H,2-6,9-10,13-14H2,1H3,(H,23,25). The van der Waals surface area contributed by atoms with Gasteiger partial charge in [-0.1, -0.05) is 49.4 Å².